The molecule has 1 aromatic heterocycles. The minimum atomic E-state index is -0.661. The van der Waals surface area contributed by atoms with E-state index in [0.29, 0.717) is 5.56 Å². The molecule has 1 aromatic carbocycles. The second-order valence-corrected chi connectivity index (χ2v) is 5.38. The first-order valence-corrected chi connectivity index (χ1v) is 7.09. The second-order valence-electron chi connectivity index (χ2n) is 5.38. The van der Waals surface area contributed by atoms with E-state index in [-0.39, 0.29) is 22.6 Å². The first-order valence-electron chi connectivity index (χ1n) is 7.09. The molecule has 0 saturated carbocycles. The fourth-order valence-electron chi connectivity index (χ4n) is 2.19. The predicted octanol–water partition coefficient (Wildman–Crippen LogP) is 1.92. The maximum atomic E-state index is 12.1. The molecule has 130 valence electrons. The summed E-state index contributed by atoms with van der Waals surface area (Å²) in [7, 11) is 0. The number of carbonyl (C=O) groups excluding carboxylic acids is 1. The molecule has 0 atom stereocenters. The molecular formula is C15H14N4O6. The summed E-state index contributed by atoms with van der Waals surface area (Å²) in [6.07, 6.45) is 0.981. The van der Waals surface area contributed by atoms with Gasteiger partial charge in [-0.25, -0.2) is 0 Å². The molecule has 0 radical (unpaired) electrons. The van der Waals surface area contributed by atoms with E-state index in [1.807, 2.05) is 0 Å². The summed E-state index contributed by atoms with van der Waals surface area (Å²) >= 11 is 0. The summed E-state index contributed by atoms with van der Waals surface area (Å²) in [5.74, 6) is -0.634. The van der Waals surface area contributed by atoms with E-state index >= 15 is 0 Å². The Morgan fingerprint density at radius 2 is 1.72 bits per heavy atom. The largest absolute Gasteiger partial charge is 0.324 e. The molecule has 0 unspecified atom stereocenters. The SMILES string of the molecule is Cc1ccc([N+](=O)[O-])cc1NC(=O)Cn1cc([N+](=O)[O-])cc(C)c1=O. The fourth-order valence-corrected chi connectivity index (χ4v) is 2.19. The number of benzene rings is 1. The summed E-state index contributed by atoms with van der Waals surface area (Å²) in [6, 6.07) is 5.12. The van der Waals surface area contributed by atoms with Crippen LogP contribution in [0.5, 0.6) is 0 Å². The number of aromatic nitrogens is 1. The van der Waals surface area contributed by atoms with Gasteiger partial charge < -0.3 is 5.32 Å². The highest BCUT2D eigenvalue weighted by Gasteiger charge is 2.15. The van der Waals surface area contributed by atoms with Crippen LogP contribution in [0.2, 0.25) is 0 Å². The lowest BCUT2D eigenvalue weighted by Crippen LogP contribution is -2.29. The number of non-ortho nitro benzene ring substituents is 1. The van der Waals surface area contributed by atoms with Gasteiger partial charge in [-0.05, 0) is 19.4 Å². The average molecular weight is 346 g/mol. The Morgan fingerprint density at radius 1 is 1.08 bits per heavy atom. The van der Waals surface area contributed by atoms with Crippen molar-refractivity contribution in [1.82, 2.24) is 4.57 Å². The number of rotatable bonds is 5. The highest BCUT2D eigenvalue weighted by molar-refractivity contribution is 5.91. The van der Waals surface area contributed by atoms with E-state index in [1.165, 1.54) is 25.1 Å². The summed E-state index contributed by atoms with van der Waals surface area (Å²) < 4.78 is 0.926. The lowest BCUT2D eigenvalue weighted by atomic mass is 10.2. The number of pyridine rings is 1. The third kappa shape index (κ3) is 4.05. The zero-order valence-electron chi connectivity index (χ0n) is 13.4. The van der Waals surface area contributed by atoms with Crippen LogP contribution in [-0.2, 0) is 11.3 Å². The fraction of sp³-hybridized carbons (Fsp3) is 0.200. The molecule has 0 aliphatic rings. The van der Waals surface area contributed by atoms with Crippen LogP contribution in [0.25, 0.3) is 0 Å². The van der Waals surface area contributed by atoms with Crippen molar-refractivity contribution in [3.8, 4) is 0 Å². The molecule has 25 heavy (non-hydrogen) atoms. The number of anilines is 1. The predicted molar refractivity (Wildman–Crippen MR) is 88.6 cm³/mol. The minimum Gasteiger partial charge on any atom is -0.324 e. The van der Waals surface area contributed by atoms with Crippen LogP contribution in [-0.4, -0.2) is 20.3 Å². The molecule has 1 amide bonds. The maximum absolute atomic E-state index is 12.1. The monoisotopic (exact) mass is 346 g/mol. The standard InChI is InChI=1S/C15H14N4O6/c1-9-3-4-11(18(22)23)6-13(9)16-14(20)8-17-7-12(19(24)25)5-10(2)15(17)21/h3-7H,8H2,1-2H3,(H,16,20). The quantitative estimate of drug-likeness (QED) is 0.648. The van der Waals surface area contributed by atoms with Crippen LogP contribution >= 0.6 is 0 Å². The summed E-state index contributed by atoms with van der Waals surface area (Å²) in [4.78, 5) is 44.6. The van der Waals surface area contributed by atoms with Crippen molar-refractivity contribution in [2.24, 2.45) is 0 Å². The molecule has 0 spiro atoms. The van der Waals surface area contributed by atoms with E-state index in [0.717, 1.165) is 16.8 Å². The molecule has 10 heteroatoms. The van der Waals surface area contributed by atoms with Gasteiger partial charge in [-0.2, -0.15) is 0 Å². The Bertz CT molecular complexity index is 934. The first-order chi connectivity index (χ1) is 11.7. The number of amides is 1. The first kappa shape index (κ1) is 17.8. The van der Waals surface area contributed by atoms with Crippen molar-refractivity contribution in [3.63, 3.8) is 0 Å². The van der Waals surface area contributed by atoms with E-state index in [2.05, 4.69) is 5.32 Å². The highest BCUT2D eigenvalue weighted by atomic mass is 16.6. The molecule has 2 rings (SSSR count). The molecule has 0 aliphatic heterocycles. The number of nitro benzene ring substituents is 1. The van der Waals surface area contributed by atoms with Crippen LogP contribution < -0.4 is 10.9 Å². The Kier molecular flexibility index (Phi) is 4.92. The van der Waals surface area contributed by atoms with Crippen LogP contribution in [0.3, 0.4) is 0 Å². The summed E-state index contributed by atoms with van der Waals surface area (Å²) in [5.41, 5.74) is -0.0679. The number of nitrogens with zero attached hydrogens (tertiary/aromatic N) is 3. The Labute approximate surface area is 141 Å². The van der Waals surface area contributed by atoms with Gasteiger partial charge in [0.2, 0.25) is 5.91 Å². The van der Waals surface area contributed by atoms with E-state index < -0.39 is 27.9 Å². The van der Waals surface area contributed by atoms with Gasteiger partial charge in [-0.3, -0.25) is 34.4 Å². The van der Waals surface area contributed by atoms with Gasteiger partial charge in [0.05, 0.1) is 21.7 Å². The molecule has 0 fully saturated rings. The molecule has 2 aromatic rings. The number of nitrogens with one attached hydrogen (secondary N) is 1. The zero-order chi connectivity index (χ0) is 18.7. The second kappa shape index (κ2) is 6.91. The van der Waals surface area contributed by atoms with Gasteiger partial charge in [0.15, 0.2) is 0 Å². The summed E-state index contributed by atoms with van der Waals surface area (Å²) in [5, 5.41) is 24.1. The number of aryl methyl sites for hydroxylation is 2. The minimum absolute atomic E-state index is 0.133. The molecule has 1 N–H and O–H groups in total. The van der Waals surface area contributed by atoms with Crippen molar-refractivity contribution in [2.45, 2.75) is 20.4 Å². The normalized spacial score (nSPS) is 10.3. The van der Waals surface area contributed by atoms with Gasteiger partial charge in [0.25, 0.3) is 16.9 Å². The Hall–Kier alpha value is -3.56. The lowest BCUT2D eigenvalue weighted by molar-refractivity contribution is -0.385. The van der Waals surface area contributed by atoms with Gasteiger partial charge in [-0.1, -0.05) is 6.07 Å². The zero-order valence-corrected chi connectivity index (χ0v) is 13.4. The van der Waals surface area contributed by atoms with Gasteiger partial charge >= 0.3 is 0 Å². The van der Waals surface area contributed by atoms with E-state index in [9.17, 15) is 29.8 Å². The lowest BCUT2D eigenvalue weighted by Gasteiger charge is -2.10. The van der Waals surface area contributed by atoms with Crippen molar-refractivity contribution in [2.75, 3.05) is 5.32 Å². The molecule has 1 heterocycles. The maximum Gasteiger partial charge on any atom is 0.286 e. The Morgan fingerprint density at radius 3 is 2.32 bits per heavy atom. The van der Waals surface area contributed by atoms with Crippen molar-refractivity contribution in [1.29, 1.82) is 0 Å². The number of nitro groups is 2. The van der Waals surface area contributed by atoms with Gasteiger partial charge in [0, 0.05) is 23.8 Å². The van der Waals surface area contributed by atoms with Crippen LogP contribution in [0, 0.1) is 34.1 Å². The Balaban J connectivity index is 2.27. The highest BCUT2D eigenvalue weighted by Crippen LogP contribution is 2.21. The van der Waals surface area contributed by atoms with Crippen molar-refractivity contribution < 1.29 is 14.6 Å². The summed E-state index contributed by atoms with van der Waals surface area (Å²) in [6.45, 7) is 2.61. The third-order valence-corrected chi connectivity index (χ3v) is 3.48. The number of carbonyl (C=O) groups is 1. The smallest absolute Gasteiger partial charge is 0.286 e. The van der Waals surface area contributed by atoms with Crippen molar-refractivity contribution >= 4 is 23.0 Å². The van der Waals surface area contributed by atoms with Crippen LogP contribution in [0.1, 0.15) is 11.1 Å². The van der Waals surface area contributed by atoms with Gasteiger partial charge in [0.1, 0.15) is 6.54 Å². The molecule has 0 bridgehead atoms. The number of hydrogen-bond acceptors (Lipinski definition) is 6. The molecule has 0 aliphatic carbocycles. The molecule has 10 nitrogen and oxygen atoms in total. The van der Waals surface area contributed by atoms with E-state index in [4.69, 9.17) is 0 Å². The average Bonchev–Trinajstić information content (AvgIpc) is 2.53. The van der Waals surface area contributed by atoms with Gasteiger partial charge in [-0.15, -0.1) is 0 Å². The molecule has 0 saturated heterocycles. The van der Waals surface area contributed by atoms with Crippen LogP contribution in [0.4, 0.5) is 17.1 Å². The van der Waals surface area contributed by atoms with E-state index in [1.54, 1.807) is 6.92 Å². The number of hydrogen-bond donors (Lipinski definition) is 1. The molecular weight excluding hydrogens is 332 g/mol. The topological polar surface area (TPSA) is 137 Å². The van der Waals surface area contributed by atoms with Crippen LogP contribution in [0.15, 0.2) is 35.3 Å². The van der Waals surface area contributed by atoms with Crippen molar-refractivity contribution in [3.05, 3.63) is 72.2 Å². The third-order valence-electron chi connectivity index (χ3n) is 3.48.